The van der Waals surface area contributed by atoms with Gasteiger partial charge in [0, 0.05) is 16.7 Å². The molecule has 6 nitrogen and oxygen atoms in total. The lowest BCUT2D eigenvalue weighted by molar-refractivity contribution is 0.983. The number of nitrogens with zero attached hydrogens (tertiary/aromatic N) is 6. The molecule has 0 aliphatic carbocycles. The maximum absolute atomic E-state index is 5.23. The number of hydrogen-bond donors (Lipinski definition) is 0. The summed E-state index contributed by atoms with van der Waals surface area (Å²) in [4.78, 5) is 28.4. The number of aryl methyl sites for hydroxylation is 1. The van der Waals surface area contributed by atoms with E-state index < -0.39 is 0 Å². The normalized spacial score (nSPS) is 11.5. The van der Waals surface area contributed by atoms with Crippen LogP contribution in [0.3, 0.4) is 0 Å². The summed E-state index contributed by atoms with van der Waals surface area (Å²) in [6, 6.07) is 71.1. The van der Waals surface area contributed by atoms with Gasteiger partial charge in [0.25, 0.3) is 0 Å². The first kappa shape index (κ1) is 38.0. The average molecular weight is 831 g/mol. The van der Waals surface area contributed by atoms with E-state index in [1.54, 1.807) is 12.7 Å². The summed E-state index contributed by atoms with van der Waals surface area (Å²) < 4.78 is 0. The average Bonchev–Trinajstić information content (AvgIpc) is 3.37. The van der Waals surface area contributed by atoms with Gasteiger partial charge < -0.3 is 0 Å². The molecule has 12 rings (SSSR count). The van der Waals surface area contributed by atoms with Crippen LogP contribution < -0.4 is 0 Å². The lowest BCUT2D eigenvalue weighted by Gasteiger charge is -2.19. The minimum atomic E-state index is 0.596. The second-order valence-corrected chi connectivity index (χ2v) is 16.3. The minimum absolute atomic E-state index is 0.596. The molecule has 0 saturated carbocycles. The van der Waals surface area contributed by atoms with Crippen molar-refractivity contribution in [3.8, 4) is 78.7 Å². The summed E-state index contributed by atoms with van der Waals surface area (Å²) >= 11 is 0. The van der Waals surface area contributed by atoms with Crippen LogP contribution in [0.25, 0.3) is 122 Å². The molecule has 2 aromatic heterocycles. The number of fused-ring (bicyclic) bond motifs is 4. The van der Waals surface area contributed by atoms with E-state index in [1.807, 2.05) is 6.92 Å². The fourth-order valence-corrected chi connectivity index (χ4v) is 9.58. The molecule has 0 atom stereocenters. The third kappa shape index (κ3) is 6.67. The van der Waals surface area contributed by atoms with Crippen LogP contribution in [-0.2, 0) is 0 Å². The Morgan fingerprint density at radius 3 is 0.908 bits per heavy atom. The summed E-state index contributed by atoms with van der Waals surface area (Å²) in [5, 5.41) is 9.18. The van der Waals surface area contributed by atoms with Crippen LogP contribution in [0.5, 0.6) is 0 Å². The van der Waals surface area contributed by atoms with Gasteiger partial charge in [-0.1, -0.05) is 182 Å². The molecule has 12 aromatic rings. The first-order chi connectivity index (χ1) is 32.2. The first-order valence-corrected chi connectivity index (χ1v) is 21.8. The molecular formula is C59H38N6. The van der Waals surface area contributed by atoms with Crippen molar-refractivity contribution in [2.75, 3.05) is 0 Å². The van der Waals surface area contributed by atoms with Gasteiger partial charge in [0.05, 0.1) is 0 Å². The highest BCUT2D eigenvalue weighted by atomic mass is 15.0. The summed E-state index contributed by atoms with van der Waals surface area (Å²) in [7, 11) is 0. The molecule has 0 unspecified atom stereocenters. The van der Waals surface area contributed by atoms with Gasteiger partial charge in [-0.3, -0.25) is 0 Å². The molecule has 0 amide bonds. The van der Waals surface area contributed by atoms with Crippen molar-refractivity contribution in [2.24, 2.45) is 0 Å². The van der Waals surface area contributed by atoms with Gasteiger partial charge in [0.15, 0.2) is 17.5 Å². The zero-order valence-electron chi connectivity index (χ0n) is 35.4. The van der Waals surface area contributed by atoms with Gasteiger partial charge in [-0.2, -0.15) is 0 Å². The monoisotopic (exact) mass is 830 g/mol. The quantitative estimate of drug-likeness (QED) is 0.149. The third-order valence-electron chi connectivity index (χ3n) is 12.4. The Morgan fingerprint density at radius 2 is 0.538 bits per heavy atom. The zero-order valence-corrected chi connectivity index (χ0v) is 35.4. The fraction of sp³-hybridized carbons (Fsp3) is 0.0169. The van der Waals surface area contributed by atoms with Crippen LogP contribution >= 0.6 is 0 Å². The predicted molar refractivity (Wildman–Crippen MR) is 266 cm³/mol. The molecule has 10 aromatic carbocycles. The number of rotatable bonds is 7. The maximum Gasteiger partial charge on any atom is 0.163 e. The van der Waals surface area contributed by atoms with Gasteiger partial charge in [0.2, 0.25) is 0 Å². The van der Waals surface area contributed by atoms with Crippen molar-refractivity contribution in [2.45, 2.75) is 6.92 Å². The van der Waals surface area contributed by atoms with Crippen LogP contribution in [0.1, 0.15) is 5.82 Å². The summed E-state index contributed by atoms with van der Waals surface area (Å²) in [5.41, 5.74) is 12.0. The van der Waals surface area contributed by atoms with Gasteiger partial charge >= 0.3 is 0 Å². The van der Waals surface area contributed by atoms with Gasteiger partial charge in [0.1, 0.15) is 18.5 Å². The van der Waals surface area contributed by atoms with Crippen molar-refractivity contribution in [3.63, 3.8) is 0 Å². The summed E-state index contributed by atoms with van der Waals surface area (Å²) in [6.07, 6.45) is 3.21. The molecule has 0 aliphatic heterocycles. The van der Waals surface area contributed by atoms with Crippen molar-refractivity contribution in [1.29, 1.82) is 0 Å². The number of benzene rings is 10. The van der Waals surface area contributed by atoms with Crippen LogP contribution in [0.4, 0.5) is 0 Å². The molecule has 0 saturated heterocycles. The van der Waals surface area contributed by atoms with E-state index in [-0.39, 0.29) is 0 Å². The molecule has 6 heteroatoms. The SMILES string of the molecule is Cc1ncnc(-c2ccc3c(-c4ccccc4)c4ccc(-c5ncnc(-c6ccc7c(-c8ccccc8)c8ccccc8c(-c8ccccc8)c7c6)n5)cc4c(-c4ccccc4)c3c2)n1. The van der Waals surface area contributed by atoms with E-state index in [2.05, 4.69) is 210 Å². The second-order valence-electron chi connectivity index (χ2n) is 16.3. The van der Waals surface area contributed by atoms with E-state index in [0.29, 0.717) is 23.3 Å². The van der Waals surface area contributed by atoms with E-state index in [9.17, 15) is 0 Å². The molecule has 2 heterocycles. The van der Waals surface area contributed by atoms with Crippen LogP contribution in [0, 0.1) is 6.92 Å². The predicted octanol–water partition coefficient (Wildman–Crippen LogP) is 14.6. The molecule has 0 aliphatic rings. The number of hydrogen-bond acceptors (Lipinski definition) is 6. The van der Waals surface area contributed by atoms with Crippen molar-refractivity contribution < 1.29 is 0 Å². The highest BCUT2D eigenvalue weighted by molar-refractivity contribution is 6.23. The Labute approximate surface area is 375 Å². The van der Waals surface area contributed by atoms with Crippen LogP contribution in [-0.4, -0.2) is 29.9 Å². The smallest absolute Gasteiger partial charge is 0.163 e. The molecule has 0 spiro atoms. The highest BCUT2D eigenvalue weighted by Crippen LogP contribution is 2.47. The summed E-state index contributed by atoms with van der Waals surface area (Å²) in [6.45, 7) is 1.89. The molecule has 0 radical (unpaired) electrons. The van der Waals surface area contributed by atoms with Crippen LogP contribution in [0.2, 0.25) is 0 Å². The van der Waals surface area contributed by atoms with Crippen molar-refractivity contribution >= 4 is 43.1 Å². The number of aromatic nitrogens is 6. The molecule has 0 fully saturated rings. The maximum atomic E-state index is 5.23. The van der Waals surface area contributed by atoms with Gasteiger partial charge in [-0.25, -0.2) is 29.9 Å². The fourth-order valence-electron chi connectivity index (χ4n) is 9.58. The Hall–Kier alpha value is -8.74. The lowest BCUT2D eigenvalue weighted by atomic mass is 9.84. The lowest BCUT2D eigenvalue weighted by Crippen LogP contribution is -1.97. The molecule has 0 bridgehead atoms. The largest absolute Gasteiger partial charge is 0.222 e. The van der Waals surface area contributed by atoms with Gasteiger partial charge in [-0.15, -0.1) is 0 Å². The van der Waals surface area contributed by atoms with E-state index in [4.69, 9.17) is 19.9 Å². The first-order valence-electron chi connectivity index (χ1n) is 21.8. The zero-order chi connectivity index (χ0) is 43.3. The van der Waals surface area contributed by atoms with E-state index >= 15 is 0 Å². The van der Waals surface area contributed by atoms with E-state index in [0.717, 1.165) is 71.4 Å². The molecule has 65 heavy (non-hydrogen) atoms. The second kappa shape index (κ2) is 15.9. The Bertz CT molecular complexity index is 3760. The molecule has 304 valence electrons. The highest BCUT2D eigenvalue weighted by Gasteiger charge is 2.21. The van der Waals surface area contributed by atoms with Crippen LogP contribution in [0.15, 0.2) is 213 Å². The Kier molecular flexibility index (Phi) is 9.27. The third-order valence-corrected chi connectivity index (χ3v) is 12.4. The Morgan fingerprint density at radius 1 is 0.246 bits per heavy atom. The van der Waals surface area contributed by atoms with Crippen molar-refractivity contribution in [3.05, 3.63) is 219 Å². The van der Waals surface area contributed by atoms with Gasteiger partial charge in [-0.05, 0) is 113 Å². The Balaban J connectivity index is 1.08. The van der Waals surface area contributed by atoms with E-state index in [1.165, 1.54) is 32.8 Å². The molecule has 0 N–H and O–H groups in total. The standard InChI is InChI=1S/C59H38N6/c1-37-60-35-61-57(64-37)42-26-29-48-51(32-42)56(41-22-12-5-13-23-41)52-34-44(28-31-49(52)54(48)39-18-8-3-9-19-39)59-63-36-62-58(65-59)43-27-30-47-50(33-43)55(40-20-10-4-11-21-40)46-25-15-14-24-45(46)53(47)38-16-6-2-7-17-38/h2-36H,1H3. The molecular weight excluding hydrogens is 793 g/mol. The summed E-state index contributed by atoms with van der Waals surface area (Å²) in [5.74, 6) is 2.52. The topological polar surface area (TPSA) is 77.3 Å². The van der Waals surface area contributed by atoms with Crippen molar-refractivity contribution in [1.82, 2.24) is 29.9 Å². The minimum Gasteiger partial charge on any atom is -0.222 e.